The molecule has 6 nitrogen and oxygen atoms in total. The Kier molecular flexibility index (Phi) is 6.23. The van der Waals surface area contributed by atoms with Crippen LogP contribution in [-0.4, -0.2) is 41.3 Å². The first-order chi connectivity index (χ1) is 10.9. The monoisotopic (exact) mass is 337 g/mol. The van der Waals surface area contributed by atoms with Gasteiger partial charge < -0.3 is 19.5 Å². The van der Waals surface area contributed by atoms with E-state index in [2.05, 4.69) is 0 Å². The van der Waals surface area contributed by atoms with Crippen LogP contribution in [0.3, 0.4) is 0 Å². The highest BCUT2D eigenvalue weighted by Gasteiger charge is 2.23. The van der Waals surface area contributed by atoms with Crippen molar-refractivity contribution in [3.05, 3.63) is 24.3 Å². The van der Waals surface area contributed by atoms with Gasteiger partial charge in [0.25, 0.3) is 0 Å². The number of carbonyl (C=O) groups is 2. The normalized spacial score (nSPS) is 11.8. The molecule has 0 radical (unpaired) electrons. The zero-order valence-electron chi connectivity index (χ0n) is 15.3. The maximum absolute atomic E-state index is 12.1. The number of aromatic hydroxyl groups is 1. The van der Waals surface area contributed by atoms with E-state index in [-0.39, 0.29) is 18.8 Å². The fourth-order valence-electron chi connectivity index (χ4n) is 1.99. The van der Waals surface area contributed by atoms with Crippen molar-refractivity contribution in [1.82, 2.24) is 0 Å². The molecular formula is C18H27NO5. The van der Waals surface area contributed by atoms with Gasteiger partial charge in [-0.25, -0.2) is 0 Å². The van der Waals surface area contributed by atoms with Gasteiger partial charge in [0, 0.05) is 11.8 Å². The van der Waals surface area contributed by atoms with Crippen LogP contribution in [0.4, 0.5) is 5.69 Å². The Morgan fingerprint density at radius 1 is 0.958 bits per heavy atom. The Hall–Kier alpha value is -2.24. The zero-order valence-corrected chi connectivity index (χ0v) is 15.3. The number of hydrogen-bond donors (Lipinski definition) is 1. The van der Waals surface area contributed by atoms with Gasteiger partial charge in [-0.2, -0.15) is 0 Å². The summed E-state index contributed by atoms with van der Waals surface area (Å²) in [4.78, 5) is 25.7. The number of phenolic OH excluding ortho intramolecular Hbond substituents is 1. The predicted octanol–water partition coefficient (Wildman–Crippen LogP) is 2.88. The number of nitrogens with zero attached hydrogens (tertiary/aromatic N) is 1. The molecular weight excluding hydrogens is 310 g/mol. The molecule has 1 aromatic rings. The molecule has 24 heavy (non-hydrogen) atoms. The number of benzene rings is 1. The fraction of sp³-hybridized carbons (Fsp3) is 0.556. The predicted molar refractivity (Wildman–Crippen MR) is 92.0 cm³/mol. The summed E-state index contributed by atoms with van der Waals surface area (Å²) in [7, 11) is 0. The third-order valence-corrected chi connectivity index (χ3v) is 2.67. The van der Waals surface area contributed by atoms with Crippen LogP contribution in [0, 0.1) is 0 Å². The van der Waals surface area contributed by atoms with Crippen molar-refractivity contribution in [3.63, 3.8) is 0 Å². The second kappa shape index (κ2) is 7.55. The quantitative estimate of drug-likeness (QED) is 0.833. The van der Waals surface area contributed by atoms with Crippen LogP contribution >= 0.6 is 0 Å². The Morgan fingerprint density at radius 3 is 1.79 bits per heavy atom. The summed E-state index contributed by atoms with van der Waals surface area (Å²) in [6.07, 6.45) is 0. The van der Waals surface area contributed by atoms with Gasteiger partial charge in [0.05, 0.1) is 0 Å². The summed E-state index contributed by atoms with van der Waals surface area (Å²) in [5.74, 6) is -0.880. The van der Waals surface area contributed by atoms with E-state index >= 15 is 0 Å². The second-order valence-corrected chi connectivity index (χ2v) is 7.55. The van der Waals surface area contributed by atoms with Gasteiger partial charge in [-0.1, -0.05) is 6.07 Å². The standard InChI is InChI=1S/C18H27NO5/c1-17(2,3)23-15(21)11-19(12-16(22)24-18(4,5)6)13-8-7-9-14(20)10-13/h7-10,20H,11-12H2,1-6H3. The van der Waals surface area contributed by atoms with Crippen molar-refractivity contribution >= 4 is 17.6 Å². The number of phenols is 1. The third kappa shape index (κ3) is 7.85. The topological polar surface area (TPSA) is 76.1 Å². The minimum Gasteiger partial charge on any atom is -0.508 e. The molecule has 0 aromatic heterocycles. The molecule has 0 unspecified atom stereocenters. The van der Waals surface area contributed by atoms with Crippen molar-refractivity contribution in [2.75, 3.05) is 18.0 Å². The SMILES string of the molecule is CC(C)(C)OC(=O)CN(CC(=O)OC(C)(C)C)c1cccc(O)c1. The van der Waals surface area contributed by atoms with Gasteiger partial charge >= 0.3 is 11.9 Å². The highest BCUT2D eigenvalue weighted by atomic mass is 16.6. The number of anilines is 1. The Labute approximate surface area is 143 Å². The van der Waals surface area contributed by atoms with Crippen LogP contribution in [0.2, 0.25) is 0 Å². The molecule has 0 heterocycles. The van der Waals surface area contributed by atoms with Crippen LogP contribution in [0.15, 0.2) is 24.3 Å². The van der Waals surface area contributed by atoms with E-state index in [0.29, 0.717) is 5.69 Å². The van der Waals surface area contributed by atoms with Crippen LogP contribution < -0.4 is 4.90 Å². The molecule has 0 spiro atoms. The smallest absolute Gasteiger partial charge is 0.326 e. The van der Waals surface area contributed by atoms with E-state index in [1.54, 1.807) is 53.7 Å². The zero-order chi connectivity index (χ0) is 18.5. The lowest BCUT2D eigenvalue weighted by molar-refractivity contribution is -0.154. The first-order valence-electron chi connectivity index (χ1n) is 7.83. The van der Waals surface area contributed by atoms with Gasteiger partial charge in [-0.05, 0) is 53.7 Å². The summed E-state index contributed by atoms with van der Waals surface area (Å²) in [5, 5.41) is 9.64. The van der Waals surface area contributed by atoms with Gasteiger partial charge in [0.15, 0.2) is 0 Å². The molecule has 6 heteroatoms. The van der Waals surface area contributed by atoms with E-state index in [1.165, 1.54) is 17.0 Å². The van der Waals surface area contributed by atoms with Crippen molar-refractivity contribution in [3.8, 4) is 5.75 Å². The van der Waals surface area contributed by atoms with Gasteiger partial charge in [0.1, 0.15) is 30.0 Å². The lowest BCUT2D eigenvalue weighted by Crippen LogP contribution is -2.40. The Balaban J connectivity index is 2.91. The summed E-state index contributed by atoms with van der Waals surface area (Å²) in [6, 6.07) is 6.34. The highest BCUT2D eigenvalue weighted by Crippen LogP contribution is 2.21. The van der Waals surface area contributed by atoms with Crippen LogP contribution in [-0.2, 0) is 19.1 Å². The molecule has 0 bridgehead atoms. The molecule has 0 saturated heterocycles. The van der Waals surface area contributed by atoms with Crippen molar-refractivity contribution in [2.45, 2.75) is 52.7 Å². The van der Waals surface area contributed by atoms with Crippen LogP contribution in [0.1, 0.15) is 41.5 Å². The van der Waals surface area contributed by atoms with E-state index in [9.17, 15) is 14.7 Å². The van der Waals surface area contributed by atoms with E-state index in [1.807, 2.05) is 0 Å². The average molecular weight is 337 g/mol. The molecule has 134 valence electrons. The molecule has 0 aliphatic heterocycles. The Bertz CT molecular complexity index is 554. The largest absolute Gasteiger partial charge is 0.508 e. The highest BCUT2D eigenvalue weighted by molar-refractivity contribution is 5.82. The maximum Gasteiger partial charge on any atom is 0.326 e. The van der Waals surface area contributed by atoms with E-state index in [0.717, 1.165) is 0 Å². The molecule has 1 aromatic carbocycles. The Morgan fingerprint density at radius 2 is 1.42 bits per heavy atom. The van der Waals surface area contributed by atoms with E-state index < -0.39 is 23.1 Å². The molecule has 0 aliphatic carbocycles. The number of carbonyl (C=O) groups excluding carboxylic acids is 2. The van der Waals surface area contributed by atoms with Gasteiger partial charge in [-0.3, -0.25) is 9.59 Å². The fourth-order valence-corrected chi connectivity index (χ4v) is 1.99. The number of ether oxygens (including phenoxy) is 2. The lowest BCUT2D eigenvalue weighted by atomic mass is 10.2. The summed E-state index contributed by atoms with van der Waals surface area (Å²) < 4.78 is 10.6. The van der Waals surface area contributed by atoms with Crippen molar-refractivity contribution in [2.24, 2.45) is 0 Å². The van der Waals surface area contributed by atoms with Gasteiger partial charge in [-0.15, -0.1) is 0 Å². The van der Waals surface area contributed by atoms with Crippen molar-refractivity contribution < 1.29 is 24.2 Å². The second-order valence-electron chi connectivity index (χ2n) is 7.55. The number of esters is 2. The molecule has 0 aliphatic rings. The van der Waals surface area contributed by atoms with Crippen LogP contribution in [0.25, 0.3) is 0 Å². The number of rotatable bonds is 5. The minimum absolute atomic E-state index is 0.0471. The van der Waals surface area contributed by atoms with E-state index in [4.69, 9.17) is 9.47 Å². The minimum atomic E-state index is -0.618. The average Bonchev–Trinajstić information content (AvgIpc) is 2.33. The first-order valence-corrected chi connectivity index (χ1v) is 7.83. The molecule has 0 saturated carbocycles. The summed E-state index contributed by atoms with van der Waals surface area (Å²) >= 11 is 0. The summed E-state index contributed by atoms with van der Waals surface area (Å²) in [6.45, 7) is 10.4. The third-order valence-electron chi connectivity index (χ3n) is 2.67. The molecule has 0 atom stereocenters. The lowest BCUT2D eigenvalue weighted by Gasteiger charge is -2.27. The first kappa shape index (κ1) is 19.8. The van der Waals surface area contributed by atoms with Crippen molar-refractivity contribution in [1.29, 1.82) is 0 Å². The molecule has 1 rings (SSSR count). The molecule has 1 N–H and O–H groups in total. The van der Waals surface area contributed by atoms with Gasteiger partial charge in [0.2, 0.25) is 0 Å². The number of hydrogen-bond acceptors (Lipinski definition) is 6. The molecule has 0 amide bonds. The van der Waals surface area contributed by atoms with Crippen LogP contribution in [0.5, 0.6) is 5.75 Å². The summed E-state index contributed by atoms with van der Waals surface area (Å²) in [5.41, 5.74) is -0.701. The maximum atomic E-state index is 12.1. The molecule has 0 fully saturated rings.